The Morgan fingerprint density at radius 1 is 1.15 bits per heavy atom. The molecule has 0 heterocycles. The third kappa shape index (κ3) is 3.07. The van der Waals surface area contributed by atoms with Crippen LogP contribution in [0, 0.1) is 40.4 Å². The van der Waals surface area contributed by atoms with Crippen molar-refractivity contribution in [2.75, 3.05) is 0 Å². The van der Waals surface area contributed by atoms with E-state index in [-0.39, 0.29) is 11.6 Å². The molecule has 0 radical (unpaired) electrons. The van der Waals surface area contributed by atoms with E-state index < -0.39 is 11.7 Å². The van der Waals surface area contributed by atoms with Crippen LogP contribution >= 0.6 is 0 Å². The van der Waals surface area contributed by atoms with Crippen LogP contribution in [0.4, 0.5) is 0 Å². The normalized spacial score (nSPS) is 46.4. The van der Waals surface area contributed by atoms with Gasteiger partial charge in [0.05, 0.1) is 11.0 Å². The lowest BCUT2D eigenvalue weighted by molar-refractivity contribution is -0.291. The Balaban J connectivity index is 1.47. The molecule has 8 unspecified atom stereocenters. The monoisotopic (exact) mass is 376 g/mol. The van der Waals surface area contributed by atoms with Gasteiger partial charge in [0.25, 0.3) is 0 Å². The van der Waals surface area contributed by atoms with Crippen molar-refractivity contribution in [2.24, 2.45) is 40.4 Å². The summed E-state index contributed by atoms with van der Waals surface area (Å²) < 4.78 is 12.3. The molecular formula is C24H40O3. The molecule has 6 bridgehead atoms. The molecule has 5 aliphatic carbocycles. The molecule has 5 aliphatic rings. The van der Waals surface area contributed by atoms with Crippen molar-refractivity contribution in [3.63, 3.8) is 0 Å². The minimum atomic E-state index is -0.435. The van der Waals surface area contributed by atoms with E-state index in [1.165, 1.54) is 44.9 Å². The molecule has 0 aromatic rings. The van der Waals surface area contributed by atoms with Gasteiger partial charge >= 0.3 is 5.97 Å². The predicted octanol–water partition coefficient (Wildman–Crippen LogP) is 5.96. The molecule has 0 aromatic carbocycles. The second-order valence-electron chi connectivity index (χ2n) is 11.3. The first-order chi connectivity index (χ1) is 12.6. The van der Waals surface area contributed by atoms with Gasteiger partial charge in [-0.15, -0.1) is 0 Å². The minimum absolute atomic E-state index is 0.0383. The van der Waals surface area contributed by atoms with Crippen LogP contribution in [-0.2, 0) is 14.3 Å². The summed E-state index contributed by atoms with van der Waals surface area (Å²) in [5.41, 5.74) is 0.0552. The highest BCUT2D eigenvalue weighted by Crippen LogP contribution is 2.71. The quantitative estimate of drug-likeness (QED) is 0.424. The number of ether oxygens (including phenoxy) is 2. The van der Waals surface area contributed by atoms with E-state index in [9.17, 15) is 4.79 Å². The molecule has 5 fully saturated rings. The Morgan fingerprint density at radius 2 is 1.89 bits per heavy atom. The molecule has 3 nitrogen and oxygen atoms in total. The van der Waals surface area contributed by atoms with Crippen LogP contribution in [0.15, 0.2) is 0 Å². The largest absolute Gasteiger partial charge is 0.436 e. The molecule has 5 saturated carbocycles. The van der Waals surface area contributed by atoms with E-state index in [1.807, 2.05) is 27.7 Å². The van der Waals surface area contributed by atoms with Gasteiger partial charge in [-0.3, -0.25) is 4.79 Å². The van der Waals surface area contributed by atoms with Gasteiger partial charge in [-0.2, -0.15) is 0 Å². The smallest absolute Gasteiger partial charge is 0.313 e. The molecule has 0 saturated heterocycles. The predicted molar refractivity (Wildman–Crippen MR) is 107 cm³/mol. The highest BCUT2D eigenvalue weighted by atomic mass is 16.7. The number of hydrogen-bond donors (Lipinski definition) is 0. The molecule has 8 atom stereocenters. The van der Waals surface area contributed by atoms with E-state index in [1.54, 1.807) is 0 Å². The van der Waals surface area contributed by atoms with Crippen molar-refractivity contribution in [2.45, 2.75) is 105 Å². The second-order valence-corrected chi connectivity index (χ2v) is 11.3. The summed E-state index contributed by atoms with van der Waals surface area (Å²) in [6.45, 7) is 12.9. The lowest BCUT2D eigenvalue weighted by Crippen LogP contribution is -2.66. The second kappa shape index (κ2) is 6.47. The number of esters is 1. The first-order valence-corrected chi connectivity index (χ1v) is 11.5. The third-order valence-electron chi connectivity index (χ3n) is 9.37. The molecule has 0 aliphatic heterocycles. The standard InChI is InChI=1S/C24H40O3/c1-7-16-9-19-17-10-18-13-24(12-17,14-20(19)23(18,6)11-16)27-15(3)26-21(25)22(4,5)8-2/h15-20H,7-14H2,1-6H3. The fourth-order valence-electron chi connectivity index (χ4n) is 7.49. The Morgan fingerprint density at radius 3 is 2.56 bits per heavy atom. The molecular weight excluding hydrogens is 336 g/mol. The van der Waals surface area contributed by atoms with Crippen LogP contribution < -0.4 is 0 Å². The van der Waals surface area contributed by atoms with Gasteiger partial charge in [-0.05, 0) is 101 Å². The van der Waals surface area contributed by atoms with Gasteiger partial charge in [0.1, 0.15) is 0 Å². The van der Waals surface area contributed by atoms with Crippen LogP contribution in [-0.4, -0.2) is 17.9 Å². The average Bonchev–Trinajstić information content (AvgIpc) is 2.60. The van der Waals surface area contributed by atoms with Crippen LogP contribution in [0.3, 0.4) is 0 Å². The first kappa shape index (κ1) is 19.7. The van der Waals surface area contributed by atoms with Crippen LogP contribution in [0.25, 0.3) is 0 Å². The highest BCUT2D eigenvalue weighted by Gasteiger charge is 2.66. The van der Waals surface area contributed by atoms with Gasteiger partial charge < -0.3 is 9.47 Å². The summed E-state index contributed by atoms with van der Waals surface area (Å²) in [4.78, 5) is 12.5. The molecule has 0 N–H and O–H groups in total. The molecule has 154 valence electrons. The van der Waals surface area contributed by atoms with Crippen LogP contribution in [0.1, 0.15) is 92.9 Å². The topological polar surface area (TPSA) is 35.5 Å². The number of carbonyl (C=O) groups is 1. The third-order valence-corrected chi connectivity index (χ3v) is 9.37. The van der Waals surface area contributed by atoms with Crippen LogP contribution in [0.5, 0.6) is 0 Å². The van der Waals surface area contributed by atoms with E-state index >= 15 is 0 Å². The Bertz CT molecular complexity index is 598. The number of hydrogen-bond acceptors (Lipinski definition) is 3. The summed E-state index contributed by atoms with van der Waals surface area (Å²) in [7, 11) is 0. The van der Waals surface area contributed by atoms with E-state index in [0.29, 0.717) is 5.41 Å². The SMILES string of the molecule is CCC1CC2C3CC4CC(OC(C)OC(=O)C(C)(C)CC)(C3)CC2C4(C)C1. The van der Waals surface area contributed by atoms with Crippen molar-refractivity contribution in [3.05, 3.63) is 0 Å². The fraction of sp³-hybridized carbons (Fsp3) is 0.958. The van der Waals surface area contributed by atoms with Crippen molar-refractivity contribution in [3.8, 4) is 0 Å². The average molecular weight is 377 g/mol. The summed E-state index contributed by atoms with van der Waals surface area (Å²) in [5.74, 6) is 4.18. The summed E-state index contributed by atoms with van der Waals surface area (Å²) in [6, 6.07) is 0. The summed E-state index contributed by atoms with van der Waals surface area (Å²) in [6.07, 6.45) is 9.54. The van der Waals surface area contributed by atoms with Crippen molar-refractivity contribution in [1.82, 2.24) is 0 Å². The highest BCUT2D eigenvalue weighted by molar-refractivity contribution is 5.75. The molecule has 3 heteroatoms. The number of carbonyl (C=O) groups excluding carboxylic acids is 1. The van der Waals surface area contributed by atoms with Gasteiger partial charge in [-0.25, -0.2) is 0 Å². The van der Waals surface area contributed by atoms with E-state index in [0.717, 1.165) is 36.0 Å². The Kier molecular flexibility index (Phi) is 4.73. The fourth-order valence-corrected chi connectivity index (χ4v) is 7.49. The maximum Gasteiger partial charge on any atom is 0.313 e. The van der Waals surface area contributed by atoms with Crippen LogP contribution in [0.2, 0.25) is 0 Å². The maximum absolute atomic E-state index is 12.5. The summed E-state index contributed by atoms with van der Waals surface area (Å²) >= 11 is 0. The van der Waals surface area contributed by atoms with Gasteiger partial charge in [-0.1, -0.05) is 27.2 Å². The van der Waals surface area contributed by atoms with Gasteiger partial charge in [0, 0.05) is 0 Å². The first-order valence-electron chi connectivity index (χ1n) is 11.5. The molecule has 5 rings (SSSR count). The van der Waals surface area contributed by atoms with E-state index in [4.69, 9.17) is 9.47 Å². The van der Waals surface area contributed by atoms with Crippen molar-refractivity contribution < 1.29 is 14.3 Å². The van der Waals surface area contributed by atoms with Crippen molar-refractivity contribution in [1.29, 1.82) is 0 Å². The Hall–Kier alpha value is -0.570. The van der Waals surface area contributed by atoms with E-state index in [2.05, 4.69) is 13.8 Å². The zero-order valence-corrected chi connectivity index (χ0v) is 18.3. The number of rotatable bonds is 6. The molecule has 0 spiro atoms. The van der Waals surface area contributed by atoms with Crippen molar-refractivity contribution >= 4 is 5.97 Å². The molecule has 0 aromatic heterocycles. The molecule has 27 heavy (non-hydrogen) atoms. The maximum atomic E-state index is 12.5. The zero-order valence-electron chi connectivity index (χ0n) is 18.3. The van der Waals surface area contributed by atoms with Gasteiger partial charge in [0.2, 0.25) is 6.29 Å². The zero-order chi connectivity index (χ0) is 19.6. The lowest BCUT2D eigenvalue weighted by atomic mass is 9.37. The minimum Gasteiger partial charge on any atom is -0.436 e. The lowest BCUT2D eigenvalue weighted by Gasteiger charge is -2.70. The van der Waals surface area contributed by atoms with Gasteiger partial charge in [0.15, 0.2) is 0 Å². The molecule has 0 amide bonds. The Labute approximate surface area is 165 Å². The summed E-state index contributed by atoms with van der Waals surface area (Å²) in [5, 5.41) is 0.